The summed E-state index contributed by atoms with van der Waals surface area (Å²) in [4.78, 5) is 0. The molecule has 0 amide bonds. The third-order valence-corrected chi connectivity index (χ3v) is 2.82. The number of hydrogen-bond acceptors (Lipinski definition) is 2. The van der Waals surface area contributed by atoms with E-state index in [1.165, 1.54) is 0 Å². The van der Waals surface area contributed by atoms with Crippen molar-refractivity contribution in [2.24, 2.45) is 10.8 Å². The first-order valence-electron chi connectivity index (χ1n) is 5.58. The predicted molar refractivity (Wildman–Crippen MR) is 84.2 cm³/mol. The van der Waals surface area contributed by atoms with Gasteiger partial charge in [-0.25, -0.2) is 0 Å². The van der Waals surface area contributed by atoms with Gasteiger partial charge >= 0.3 is 0 Å². The Morgan fingerprint density at radius 3 is 2.78 bits per heavy atom. The van der Waals surface area contributed by atoms with E-state index < -0.39 is 8.07 Å². The van der Waals surface area contributed by atoms with Gasteiger partial charge < -0.3 is 5.73 Å². The monoisotopic (exact) mass is 275 g/mol. The number of nitrogens with one attached hydrogen (secondary N) is 1. The standard InChI is InChI=1S/C13H17N3SSi/c1-18(2,3)8-7-11-5-4-6-12(9-11)10-15-16-13(14)17/h4-6,9-10H,1-3H3,(H3,14,16,17). The molecule has 0 aliphatic carbocycles. The fraction of sp³-hybridized carbons (Fsp3) is 0.231. The van der Waals surface area contributed by atoms with E-state index in [0.717, 1.165) is 11.1 Å². The Hall–Kier alpha value is -1.64. The lowest BCUT2D eigenvalue weighted by molar-refractivity contribution is 1.04. The van der Waals surface area contributed by atoms with E-state index in [2.05, 4.69) is 53.9 Å². The van der Waals surface area contributed by atoms with Crippen LogP contribution in [0.1, 0.15) is 11.1 Å². The van der Waals surface area contributed by atoms with Crippen LogP contribution in [-0.2, 0) is 0 Å². The average Bonchev–Trinajstić information content (AvgIpc) is 2.26. The van der Waals surface area contributed by atoms with Gasteiger partial charge in [-0.3, -0.25) is 5.43 Å². The van der Waals surface area contributed by atoms with Crippen molar-refractivity contribution in [3.05, 3.63) is 35.4 Å². The maximum absolute atomic E-state index is 5.27. The Kier molecular flexibility index (Phi) is 5.07. The lowest BCUT2D eigenvalue weighted by Crippen LogP contribution is -2.23. The first-order chi connectivity index (χ1) is 8.37. The first-order valence-corrected chi connectivity index (χ1v) is 9.49. The second-order valence-corrected chi connectivity index (χ2v) is 10.0. The van der Waals surface area contributed by atoms with Gasteiger partial charge in [0.15, 0.2) is 5.11 Å². The summed E-state index contributed by atoms with van der Waals surface area (Å²) in [5.74, 6) is 3.20. The summed E-state index contributed by atoms with van der Waals surface area (Å²) in [6, 6.07) is 7.88. The van der Waals surface area contributed by atoms with E-state index in [1.807, 2.05) is 24.3 Å². The number of hydrazone groups is 1. The molecule has 0 aromatic heterocycles. The van der Waals surface area contributed by atoms with Crippen molar-refractivity contribution < 1.29 is 0 Å². The highest BCUT2D eigenvalue weighted by molar-refractivity contribution is 7.80. The van der Waals surface area contributed by atoms with E-state index in [-0.39, 0.29) is 5.11 Å². The number of nitrogens with zero attached hydrogens (tertiary/aromatic N) is 1. The summed E-state index contributed by atoms with van der Waals surface area (Å²) < 4.78 is 0. The van der Waals surface area contributed by atoms with Gasteiger partial charge in [0.05, 0.1) is 6.21 Å². The van der Waals surface area contributed by atoms with Crippen molar-refractivity contribution in [1.29, 1.82) is 0 Å². The van der Waals surface area contributed by atoms with Crippen LogP contribution in [0.2, 0.25) is 19.6 Å². The predicted octanol–water partition coefficient (Wildman–Crippen LogP) is 2.08. The summed E-state index contributed by atoms with van der Waals surface area (Å²) in [5, 5.41) is 4.06. The molecule has 0 aliphatic rings. The van der Waals surface area contributed by atoms with Gasteiger partial charge in [0.25, 0.3) is 0 Å². The minimum absolute atomic E-state index is 0.154. The van der Waals surface area contributed by atoms with Gasteiger partial charge in [0, 0.05) is 5.56 Å². The van der Waals surface area contributed by atoms with Crippen LogP contribution >= 0.6 is 12.2 Å². The van der Waals surface area contributed by atoms with E-state index in [9.17, 15) is 0 Å². The van der Waals surface area contributed by atoms with Crippen molar-refractivity contribution >= 4 is 31.6 Å². The van der Waals surface area contributed by atoms with E-state index in [0.29, 0.717) is 0 Å². The summed E-state index contributed by atoms with van der Waals surface area (Å²) >= 11 is 4.65. The molecule has 1 rings (SSSR count). The second-order valence-electron chi connectivity index (χ2n) is 4.86. The van der Waals surface area contributed by atoms with Gasteiger partial charge in [0.1, 0.15) is 8.07 Å². The highest BCUT2D eigenvalue weighted by Gasteiger charge is 2.07. The lowest BCUT2D eigenvalue weighted by atomic mass is 10.1. The molecule has 0 spiro atoms. The minimum Gasteiger partial charge on any atom is -0.375 e. The molecule has 0 bridgehead atoms. The van der Waals surface area contributed by atoms with E-state index in [1.54, 1.807) is 6.21 Å². The summed E-state index contributed by atoms with van der Waals surface area (Å²) in [6.45, 7) is 6.66. The number of rotatable bonds is 2. The van der Waals surface area contributed by atoms with E-state index >= 15 is 0 Å². The average molecular weight is 275 g/mol. The highest BCUT2D eigenvalue weighted by atomic mass is 32.1. The van der Waals surface area contributed by atoms with Crippen molar-refractivity contribution in [3.63, 3.8) is 0 Å². The van der Waals surface area contributed by atoms with Crippen molar-refractivity contribution in [3.8, 4) is 11.5 Å². The maximum Gasteiger partial charge on any atom is 0.184 e. The number of hydrogen-bond donors (Lipinski definition) is 2. The quantitative estimate of drug-likeness (QED) is 0.286. The van der Waals surface area contributed by atoms with Gasteiger partial charge in [-0.15, -0.1) is 5.54 Å². The highest BCUT2D eigenvalue weighted by Crippen LogP contribution is 2.03. The molecule has 0 fully saturated rings. The Labute approximate surface area is 114 Å². The molecule has 3 N–H and O–H groups in total. The molecule has 5 heteroatoms. The largest absolute Gasteiger partial charge is 0.375 e. The third-order valence-electron chi connectivity index (χ3n) is 1.86. The Morgan fingerprint density at radius 1 is 1.44 bits per heavy atom. The zero-order valence-electron chi connectivity index (χ0n) is 10.8. The van der Waals surface area contributed by atoms with Crippen LogP contribution in [0.4, 0.5) is 0 Å². The molecule has 18 heavy (non-hydrogen) atoms. The zero-order valence-corrected chi connectivity index (χ0v) is 12.6. The molecular weight excluding hydrogens is 258 g/mol. The molecule has 0 saturated heterocycles. The lowest BCUT2D eigenvalue weighted by Gasteiger charge is -2.03. The minimum atomic E-state index is -1.34. The third kappa shape index (κ3) is 6.18. The van der Waals surface area contributed by atoms with Crippen LogP contribution in [-0.4, -0.2) is 19.4 Å². The first kappa shape index (κ1) is 14.4. The van der Waals surface area contributed by atoms with Gasteiger partial charge in [-0.2, -0.15) is 5.10 Å². The molecule has 0 unspecified atom stereocenters. The molecule has 3 nitrogen and oxygen atoms in total. The topological polar surface area (TPSA) is 50.4 Å². The second kappa shape index (κ2) is 6.33. The maximum atomic E-state index is 5.27. The van der Waals surface area contributed by atoms with Gasteiger partial charge in [0.2, 0.25) is 0 Å². The number of thiocarbonyl (C=S) groups is 1. The number of benzene rings is 1. The van der Waals surface area contributed by atoms with Crippen LogP contribution in [0.15, 0.2) is 29.4 Å². The fourth-order valence-corrected chi connectivity index (χ4v) is 1.70. The van der Waals surface area contributed by atoms with Crippen molar-refractivity contribution in [2.75, 3.05) is 0 Å². The molecule has 0 aliphatic heterocycles. The number of nitrogens with two attached hydrogens (primary N) is 1. The normalized spacial score (nSPS) is 10.8. The fourth-order valence-electron chi connectivity index (χ4n) is 1.13. The summed E-state index contributed by atoms with van der Waals surface area (Å²) in [7, 11) is -1.34. The van der Waals surface area contributed by atoms with Crippen LogP contribution < -0.4 is 11.2 Å². The zero-order chi connectivity index (χ0) is 13.6. The van der Waals surface area contributed by atoms with Crippen LogP contribution in [0.5, 0.6) is 0 Å². The molecule has 0 radical (unpaired) electrons. The smallest absolute Gasteiger partial charge is 0.184 e. The molecule has 1 aromatic rings. The molecule has 1 aromatic carbocycles. The van der Waals surface area contributed by atoms with Gasteiger partial charge in [-0.05, 0) is 29.9 Å². The Morgan fingerprint density at radius 2 is 2.17 bits per heavy atom. The molecule has 0 atom stereocenters. The van der Waals surface area contributed by atoms with Gasteiger partial charge in [-0.1, -0.05) is 37.7 Å². The van der Waals surface area contributed by atoms with Crippen molar-refractivity contribution in [2.45, 2.75) is 19.6 Å². The molecule has 0 saturated carbocycles. The summed E-state index contributed by atoms with van der Waals surface area (Å²) in [6.07, 6.45) is 1.67. The van der Waals surface area contributed by atoms with E-state index in [4.69, 9.17) is 5.73 Å². The van der Waals surface area contributed by atoms with Crippen molar-refractivity contribution in [1.82, 2.24) is 5.43 Å². The van der Waals surface area contributed by atoms with Crippen LogP contribution in [0, 0.1) is 11.5 Å². The molecular formula is C13H17N3SSi. The molecule has 94 valence electrons. The summed E-state index contributed by atoms with van der Waals surface area (Å²) in [5.41, 5.74) is 13.1. The Balaban J connectivity index is 2.82. The molecule has 0 heterocycles. The van der Waals surface area contributed by atoms with Crippen LogP contribution in [0.25, 0.3) is 0 Å². The SMILES string of the molecule is C[Si](C)(C)C#Cc1cccc(C=NNC(N)=S)c1. The Bertz CT molecular complexity index is 521. The van der Waals surface area contributed by atoms with Crippen LogP contribution in [0.3, 0.4) is 0 Å².